The van der Waals surface area contributed by atoms with E-state index in [1.807, 2.05) is 61.5 Å². The van der Waals surface area contributed by atoms with Crippen LogP contribution >= 0.6 is 0 Å². The van der Waals surface area contributed by atoms with E-state index < -0.39 is 0 Å². The van der Waals surface area contributed by atoms with Gasteiger partial charge >= 0.3 is 0 Å². The van der Waals surface area contributed by atoms with Crippen molar-refractivity contribution in [3.8, 4) is 11.1 Å². The third-order valence-electron chi connectivity index (χ3n) is 3.23. The number of carbonyl (C=O) groups is 1. The normalized spacial score (nSPS) is 10.3. The van der Waals surface area contributed by atoms with Gasteiger partial charge in [-0.2, -0.15) is 0 Å². The van der Waals surface area contributed by atoms with Gasteiger partial charge in [0.1, 0.15) is 0 Å². The van der Waals surface area contributed by atoms with Gasteiger partial charge in [0.2, 0.25) is 0 Å². The molecule has 0 radical (unpaired) electrons. The van der Waals surface area contributed by atoms with Gasteiger partial charge in [0.05, 0.1) is 6.26 Å². The number of nitrogens with one attached hydrogen (secondary N) is 1. The standard InChI is InChI=1S/C18H15NO2/c1-13-6-5-9-15(12-13)19-18(20)17-16(10-11-21-17)14-7-3-2-4-8-14/h2-12H,1H3,(H,19,20). The maximum atomic E-state index is 12.4. The van der Waals surface area contributed by atoms with Crippen LogP contribution in [0.2, 0.25) is 0 Å². The summed E-state index contributed by atoms with van der Waals surface area (Å²) < 4.78 is 5.37. The number of amides is 1. The molecule has 0 aliphatic carbocycles. The van der Waals surface area contributed by atoms with Crippen LogP contribution in [0.1, 0.15) is 16.1 Å². The molecule has 0 atom stereocenters. The summed E-state index contributed by atoms with van der Waals surface area (Å²) in [5, 5.41) is 2.86. The average Bonchev–Trinajstić information content (AvgIpc) is 2.98. The second-order valence-electron chi connectivity index (χ2n) is 4.85. The zero-order chi connectivity index (χ0) is 14.7. The first-order chi connectivity index (χ1) is 10.2. The highest BCUT2D eigenvalue weighted by Gasteiger charge is 2.16. The van der Waals surface area contributed by atoms with E-state index in [1.165, 1.54) is 6.26 Å². The van der Waals surface area contributed by atoms with Crippen molar-refractivity contribution in [3.63, 3.8) is 0 Å². The summed E-state index contributed by atoms with van der Waals surface area (Å²) in [7, 11) is 0. The molecule has 2 aromatic carbocycles. The topological polar surface area (TPSA) is 42.2 Å². The maximum absolute atomic E-state index is 12.4. The number of aryl methyl sites for hydroxylation is 1. The number of furan rings is 1. The van der Waals surface area contributed by atoms with Crippen LogP contribution in [0.3, 0.4) is 0 Å². The lowest BCUT2D eigenvalue weighted by atomic mass is 10.1. The first kappa shape index (κ1) is 13.2. The highest BCUT2D eigenvalue weighted by molar-refractivity contribution is 6.06. The molecule has 3 rings (SSSR count). The van der Waals surface area contributed by atoms with E-state index in [4.69, 9.17) is 4.42 Å². The summed E-state index contributed by atoms with van der Waals surface area (Å²) in [6.07, 6.45) is 1.54. The van der Waals surface area contributed by atoms with Crippen LogP contribution in [0.4, 0.5) is 5.69 Å². The Hall–Kier alpha value is -2.81. The predicted octanol–water partition coefficient (Wildman–Crippen LogP) is 4.51. The first-order valence-electron chi connectivity index (χ1n) is 6.75. The van der Waals surface area contributed by atoms with Crippen molar-refractivity contribution in [2.45, 2.75) is 6.92 Å². The summed E-state index contributed by atoms with van der Waals surface area (Å²) in [5.41, 5.74) is 3.60. The summed E-state index contributed by atoms with van der Waals surface area (Å²) in [5.74, 6) is 0.0761. The van der Waals surface area contributed by atoms with Crippen molar-refractivity contribution >= 4 is 11.6 Å². The number of rotatable bonds is 3. The molecule has 3 aromatic rings. The average molecular weight is 277 g/mol. The second-order valence-corrected chi connectivity index (χ2v) is 4.85. The van der Waals surface area contributed by atoms with Crippen molar-refractivity contribution in [2.75, 3.05) is 5.32 Å². The van der Waals surface area contributed by atoms with Crippen LogP contribution in [0.25, 0.3) is 11.1 Å². The predicted molar refractivity (Wildman–Crippen MR) is 83.3 cm³/mol. The Kier molecular flexibility index (Phi) is 3.56. The van der Waals surface area contributed by atoms with Gasteiger partial charge in [-0.05, 0) is 36.2 Å². The first-order valence-corrected chi connectivity index (χ1v) is 6.75. The molecule has 3 nitrogen and oxygen atoms in total. The molecule has 1 heterocycles. The van der Waals surface area contributed by atoms with E-state index in [2.05, 4.69) is 5.32 Å². The summed E-state index contributed by atoms with van der Waals surface area (Å²) in [6.45, 7) is 1.98. The molecule has 0 aliphatic rings. The van der Waals surface area contributed by atoms with Crippen LogP contribution < -0.4 is 5.32 Å². The van der Waals surface area contributed by atoms with Crippen LogP contribution in [0, 0.1) is 6.92 Å². The Morgan fingerprint density at radius 1 is 1.00 bits per heavy atom. The SMILES string of the molecule is Cc1cccc(NC(=O)c2occc2-c2ccccc2)c1. The van der Waals surface area contributed by atoms with Crippen LogP contribution in [-0.2, 0) is 0 Å². The largest absolute Gasteiger partial charge is 0.459 e. The van der Waals surface area contributed by atoms with E-state index in [1.54, 1.807) is 6.07 Å². The Morgan fingerprint density at radius 3 is 2.57 bits per heavy atom. The zero-order valence-corrected chi connectivity index (χ0v) is 11.7. The van der Waals surface area contributed by atoms with E-state index >= 15 is 0 Å². The van der Waals surface area contributed by atoms with Crippen molar-refractivity contribution in [1.82, 2.24) is 0 Å². The molecule has 0 aliphatic heterocycles. The summed E-state index contributed by atoms with van der Waals surface area (Å²) >= 11 is 0. The molecule has 0 saturated heterocycles. The molecule has 21 heavy (non-hydrogen) atoms. The van der Waals surface area contributed by atoms with Crippen LogP contribution in [0.5, 0.6) is 0 Å². The lowest BCUT2D eigenvalue weighted by molar-refractivity contribution is 0.0997. The van der Waals surface area contributed by atoms with Crippen LogP contribution in [0.15, 0.2) is 71.3 Å². The molecule has 0 bridgehead atoms. The van der Waals surface area contributed by atoms with E-state index in [0.29, 0.717) is 5.76 Å². The minimum absolute atomic E-state index is 0.246. The van der Waals surface area contributed by atoms with Crippen molar-refractivity contribution in [1.29, 1.82) is 0 Å². The molecule has 3 heteroatoms. The van der Waals surface area contributed by atoms with E-state index in [0.717, 1.165) is 22.4 Å². The fourth-order valence-corrected chi connectivity index (χ4v) is 2.24. The molecule has 1 N–H and O–H groups in total. The Labute approximate surface area is 123 Å². The molecule has 104 valence electrons. The van der Waals surface area contributed by atoms with Gasteiger partial charge in [0.15, 0.2) is 5.76 Å². The van der Waals surface area contributed by atoms with Gasteiger partial charge in [-0.15, -0.1) is 0 Å². The highest BCUT2D eigenvalue weighted by atomic mass is 16.3. The van der Waals surface area contributed by atoms with Crippen molar-refractivity contribution in [2.24, 2.45) is 0 Å². The third-order valence-corrected chi connectivity index (χ3v) is 3.23. The minimum atomic E-state index is -0.246. The minimum Gasteiger partial charge on any atom is -0.459 e. The summed E-state index contributed by atoms with van der Waals surface area (Å²) in [6, 6.07) is 19.2. The number of hydrogen-bond donors (Lipinski definition) is 1. The fourth-order valence-electron chi connectivity index (χ4n) is 2.24. The molecular formula is C18H15NO2. The Balaban J connectivity index is 1.88. The Morgan fingerprint density at radius 2 is 1.81 bits per heavy atom. The molecule has 0 unspecified atom stereocenters. The van der Waals surface area contributed by atoms with Gasteiger partial charge in [0, 0.05) is 11.3 Å². The zero-order valence-electron chi connectivity index (χ0n) is 11.7. The number of benzene rings is 2. The van der Waals surface area contributed by atoms with Gasteiger partial charge in [-0.25, -0.2) is 0 Å². The molecular weight excluding hydrogens is 262 g/mol. The second kappa shape index (κ2) is 5.67. The van der Waals surface area contributed by atoms with E-state index in [9.17, 15) is 4.79 Å². The van der Waals surface area contributed by atoms with E-state index in [-0.39, 0.29) is 5.91 Å². The van der Waals surface area contributed by atoms with Gasteiger partial charge in [-0.1, -0.05) is 42.5 Å². The van der Waals surface area contributed by atoms with Gasteiger partial charge in [0.25, 0.3) is 5.91 Å². The van der Waals surface area contributed by atoms with Gasteiger partial charge in [-0.3, -0.25) is 4.79 Å². The number of anilines is 1. The number of carbonyl (C=O) groups excluding carboxylic acids is 1. The third kappa shape index (κ3) is 2.87. The van der Waals surface area contributed by atoms with Gasteiger partial charge < -0.3 is 9.73 Å². The smallest absolute Gasteiger partial charge is 0.292 e. The lowest BCUT2D eigenvalue weighted by Crippen LogP contribution is -2.12. The van der Waals surface area contributed by atoms with Crippen molar-refractivity contribution in [3.05, 3.63) is 78.3 Å². The maximum Gasteiger partial charge on any atom is 0.292 e. The Bertz CT molecular complexity index is 760. The number of hydrogen-bond acceptors (Lipinski definition) is 2. The fraction of sp³-hybridized carbons (Fsp3) is 0.0556. The monoisotopic (exact) mass is 277 g/mol. The highest BCUT2D eigenvalue weighted by Crippen LogP contribution is 2.25. The molecule has 0 fully saturated rings. The molecule has 1 amide bonds. The molecule has 0 spiro atoms. The lowest BCUT2D eigenvalue weighted by Gasteiger charge is -2.06. The summed E-state index contributed by atoms with van der Waals surface area (Å²) in [4.78, 5) is 12.4. The quantitative estimate of drug-likeness (QED) is 0.765. The molecule has 0 saturated carbocycles. The van der Waals surface area contributed by atoms with Crippen LogP contribution in [-0.4, -0.2) is 5.91 Å². The molecule has 1 aromatic heterocycles. The van der Waals surface area contributed by atoms with Crippen molar-refractivity contribution < 1.29 is 9.21 Å².